The lowest BCUT2D eigenvalue weighted by atomic mass is 10.0. The molecule has 0 saturated carbocycles. The predicted molar refractivity (Wildman–Crippen MR) is 73.9 cm³/mol. The summed E-state index contributed by atoms with van der Waals surface area (Å²) in [7, 11) is 1.44. The lowest BCUT2D eigenvalue weighted by Gasteiger charge is -2.26. The zero-order valence-electron chi connectivity index (χ0n) is 11.2. The fraction of sp³-hybridized carbons (Fsp3) is 0.385. The zero-order valence-corrected chi connectivity index (χ0v) is 11.9. The van der Waals surface area contributed by atoms with Crippen LogP contribution < -0.4 is 5.32 Å². The van der Waals surface area contributed by atoms with E-state index >= 15 is 0 Å². The van der Waals surface area contributed by atoms with Crippen molar-refractivity contribution in [2.24, 2.45) is 5.92 Å². The highest BCUT2D eigenvalue weighted by Crippen LogP contribution is 2.24. The van der Waals surface area contributed by atoms with Gasteiger partial charge in [0, 0.05) is 7.05 Å². The molecule has 1 saturated heterocycles. The van der Waals surface area contributed by atoms with E-state index in [1.165, 1.54) is 30.1 Å². The number of nitrogens with zero attached hydrogens (tertiary/aromatic N) is 1. The number of hydrogen-bond donors (Lipinski definition) is 2. The number of carbonyl (C=O) groups is 2. The van der Waals surface area contributed by atoms with E-state index in [9.17, 15) is 14.0 Å². The Morgan fingerprint density at radius 2 is 2.19 bits per heavy atom. The van der Waals surface area contributed by atoms with Crippen molar-refractivity contribution in [2.75, 3.05) is 25.6 Å². The Kier molecular flexibility index (Phi) is 4.64. The number of benzene rings is 1. The molecule has 0 bridgehead atoms. The van der Waals surface area contributed by atoms with E-state index in [4.69, 9.17) is 21.4 Å². The van der Waals surface area contributed by atoms with Gasteiger partial charge in [-0.3, -0.25) is 4.79 Å². The summed E-state index contributed by atoms with van der Waals surface area (Å²) in [4.78, 5) is 24.4. The number of amides is 2. The number of aliphatic carboxylic acids is 1. The van der Waals surface area contributed by atoms with Crippen molar-refractivity contribution in [3.63, 3.8) is 0 Å². The van der Waals surface area contributed by atoms with Crippen molar-refractivity contribution in [1.82, 2.24) is 4.90 Å². The van der Waals surface area contributed by atoms with Crippen molar-refractivity contribution < 1.29 is 23.8 Å². The first kappa shape index (κ1) is 15.5. The molecule has 114 valence electrons. The number of carbonyl (C=O) groups excluding carboxylic acids is 1. The summed E-state index contributed by atoms with van der Waals surface area (Å²) >= 11 is 5.63. The van der Waals surface area contributed by atoms with Crippen LogP contribution in [0.3, 0.4) is 0 Å². The van der Waals surface area contributed by atoms with E-state index < -0.39 is 29.8 Å². The molecule has 1 aromatic rings. The monoisotopic (exact) mass is 316 g/mol. The highest BCUT2D eigenvalue weighted by molar-refractivity contribution is 6.31. The third-order valence-electron chi connectivity index (χ3n) is 3.38. The lowest BCUT2D eigenvalue weighted by Crippen LogP contribution is -2.46. The molecule has 0 radical (unpaired) electrons. The van der Waals surface area contributed by atoms with Crippen molar-refractivity contribution in [1.29, 1.82) is 0 Å². The number of halogens is 2. The number of urea groups is 1. The molecule has 2 atom stereocenters. The summed E-state index contributed by atoms with van der Waals surface area (Å²) in [5.74, 6) is -2.57. The van der Waals surface area contributed by atoms with Gasteiger partial charge in [-0.05, 0) is 12.1 Å². The van der Waals surface area contributed by atoms with Gasteiger partial charge in [-0.1, -0.05) is 17.7 Å². The molecule has 2 unspecified atom stereocenters. The highest BCUT2D eigenvalue weighted by Gasteiger charge is 2.38. The van der Waals surface area contributed by atoms with Gasteiger partial charge in [-0.2, -0.15) is 0 Å². The quantitative estimate of drug-likeness (QED) is 0.894. The van der Waals surface area contributed by atoms with Crippen LogP contribution in [-0.2, 0) is 9.53 Å². The van der Waals surface area contributed by atoms with Crippen LogP contribution in [0.5, 0.6) is 0 Å². The molecule has 8 heteroatoms. The van der Waals surface area contributed by atoms with Crippen molar-refractivity contribution >= 4 is 29.3 Å². The number of hydrogen-bond acceptors (Lipinski definition) is 3. The Bertz CT molecular complexity index is 569. The molecule has 2 N–H and O–H groups in total. The number of ether oxygens (including phenoxy) is 1. The van der Waals surface area contributed by atoms with Crippen LogP contribution in [0.4, 0.5) is 14.9 Å². The van der Waals surface area contributed by atoms with Crippen molar-refractivity contribution in [2.45, 2.75) is 6.04 Å². The maximum Gasteiger partial charge on any atom is 0.322 e. The van der Waals surface area contributed by atoms with Gasteiger partial charge in [0.05, 0.1) is 30.0 Å². The highest BCUT2D eigenvalue weighted by atomic mass is 35.5. The largest absolute Gasteiger partial charge is 0.481 e. The molecule has 0 spiro atoms. The van der Waals surface area contributed by atoms with Gasteiger partial charge in [0.2, 0.25) is 0 Å². The minimum absolute atomic E-state index is 0.0448. The molecule has 6 nitrogen and oxygen atoms in total. The van der Waals surface area contributed by atoms with Crippen molar-refractivity contribution in [3.05, 3.63) is 29.0 Å². The molecule has 0 aromatic heterocycles. The molecule has 1 aliphatic rings. The third kappa shape index (κ3) is 3.25. The third-order valence-corrected chi connectivity index (χ3v) is 3.67. The fourth-order valence-corrected chi connectivity index (χ4v) is 2.29. The first-order chi connectivity index (χ1) is 9.91. The number of rotatable bonds is 3. The topological polar surface area (TPSA) is 78.9 Å². The van der Waals surface area contributed by atoms with E-state index in [0.29, 0.717) is 0 Å². The Hall–Kier alpha value is -1.86. The molecular weight excluding hydrogens is 303 g/mol. The number of carboxylic acid groups (broad SMARTS) is 1. The van der Waals surface area contributed by atoms with Crippen molar-refractivity contribution in [3.8, 4) is 0 Å². The maximum atomic E-state index is 13.7. The SMILES string of the molecule is CN(C(=O)Nc1cccc(Cl)c1F)C1COCC1C(=O)O. The molecule has 0 aliphatic carbocycles. The normalized spacial score (nSPS) is 21.1. The second-order valence-electron chi connectivity index (χ2n) is 4.69. The lowest BCUT2D eigenvalue weighted by molar-refractivity contribution is -0.142. The van der Waals surface area contributed by atoms with Gasteiger partial charge in [0.15, 0.2) is 5.82 Å². The molecule has 1 heterocycles. The Morgan fingerprint density at radius 3 is 2.86 bits per heavy atom. The summed E-state index contributed by atoms with van der Waals surface area (Å²) < 4.78 is 18.8. The summed E-state index contributed by atoms with van der Waals surface area (Å²) in [6.07, 6.45) is 0. The average molecular weight is 317 g/mol. The Balaban J connectivity index is 2.09. The minimum Gasteiger partial charge on any atom is -0.481 e. The average Bonchev–Trinajstić information content (AvgIpc) is 2.92. The van der Waals surface area contributed by atoms with Gasteiger partial charge < -0.3 is 20.1 Å². The van der Waals surface area contributed by atoms with Gasteiger partial charge in [-0.15, -0.1) is 0 Å². The molecule has 2 rings (SSSR count). The Labute approximate surface area is 125 Å². The molecular formula is C13H14ClFN2O4. The number of anilines is 1. The van der Waals surface area contributed by atoms with Gasteiger partial charge in [0.1, 0.15) is 5.92 Å². The molecule has 1 fully saturated rings. The predicted octanol–water partition coefficient (Wildman–Crippen LogP) is 2.04. The van der Waals surface area contributed by atoms with E-state index in [1.54, 1.807) is 0 Å². The standard InChI is InChI=1S/C13H14ClFN2O4/c1-17(10-6-21-5-7(10)12(18)19)13(20)16-9-4-2-3-8(14)11(9)15/h2-4,7,10H,5-6H2,1H3,(H,16,20)(H,18,19). The van der Waals surface area contributed by atoms with Crippen LogP contribution in [0.2, 0.25) is 5.02 Å². The molecule has 1 aromatic carbocycles. The fourth-order valence-electron chi connectivity index (χ4n) is 2.11. The summed E-state index contributed by atoms with van der Waals surface area (Å²) in [5.41, 5.74) is -0.0647. The maximum absolute atomic E-state index is 13.7. The summed E-state index contributed by atoms with van der Waals surface area (Å²) in [6, 6.07) is 3.00. The van der Waals surface area contributed by atoms with Gasteiger partial charge in [0.25, 0.3) is 0 Å². The first-order valence-corrected chi connectivity index (χ1v) is 6.58. The molecule has 2 amide bonds. The van der Waals surface area contributed by atoms with E-state index in [1.807, 2.05) is 0 Å². The number of carboxylic acids is 1. The van der Waals surface area contributed by atoms with Crippen LogP contribution in [0, 0.1) is 11.7 Å². The molecule has 1 aliphatic heterocycles. The van der Waals surface area contributed by atoms with Crippen LogP contribution in [0.1, 0.15) is 0 Å². The van der Waals surface area contributed by atoms with Crippen LogP contribution in [0.15, 0.2) is 18.2 Å². The van der Waals surface area contributed by atoms with E-state index in [2.05, 4.69) is 5.32 Å². The van der Waals surface area contributed by atoms with Gasteiger partial charge in [-0.25, -0.2) is 9.18 Å². The minimum atomic E-state index is -1.04. The summed E-state index contributed by atoms with van der Waals surface area (Å²) in [6.45, 7) is 0.169. The second kappa shape index (κ2) is 6.28. The zero-order chi connectivity index (χ0) is 15.6. The number of nitrogens with one attached hydrogen (secondary N) is 1. The van der Waals surface area contributed by atoms with Crippen LogP contribution in [-0.4, -0.2) is 48.3 Å². The number of likely N-dealkylation sites (N-methyl/N-ethyl adjacent to an activating group) is 1. The molecule has 21 heavy (non-hydrogen) atoms. The van der Waals surface area contributed by atoms with Gasteiger partial charge >= 0.3 is 12.0 Å². The van der Waals surface area contributed by atoms with E-state index in [-0.39, 0.29) is 23.9 Å². The second-order valence-corrected chi connectivity index (χ2v) is 5.10. The smallest absolute Gasteiger partial charge is 0.322 e. The van der Waals surface area contributed by atoms with Crippen LogP contribution >= 0.6 is 11.6 Å². The Morgan fingerprint density at radius 1 is 1.48 bits per heavy atom. The summed E-state index contributed by atoms with van der Waals surface area (Å²) in [5, 5.41) is 11.3. The first-order valence-electron chi connectivity index (χ1n) is 6.20. The van der Waals surface area contributed by atoms with E-state index in [0.717, 1.165) is 0 Å². The van der Waals surface area contributed by atoms with Crippen LogP contribution in [0.25, 0.3) is 0 Å².